The number of aromatic nitrogens is 2. The van der Waals surface area contributed by atoms with Crippen LogP contribution in [0.15, 0.2) is 17.4 Å². The molecule has 1 heterocycles. The Labute approximate surface area is 76.2 Å². The molecule has 1 aromatic heterocycles. The van der Waals surface area contributed by atoms with Crippen molar-refractivity contribution < 1.29 is 5.11 Å². The minimum Gasteiger partial charge on any atom is -0.396 e. The summed E-state index contributed by atoms with van der Waals surface area (Å²) in [5, 5.41) is 9.53. The summed E-state index contributed by atoms with van der Waals surface area (Å²) in [7, 11) is 0. The second-order valence-electron chi connectivity index (χ2n) is 2.27. The van der Waals surface area contributed by atoms with E-state index in [2.05, 4.69) is 16.9 Å². The second kappa shape index (κ2) is 5.11. The number of thioether (sulfide) groups is 1. The zero-order valence-electron chi connectivity index (χ0n) is 7.03. The minimum atomic E-state index is 0.191. The summed E-state index contributed by atoms with van der Waals surface area (Å²) in [6.45, 7) is 2.25. The fraction of sp³-hybridized carbons (Fsp3) is 0.500. The number of aliphatic hydroxyl groups excluding tert-OH is 1. The SMILES string of the molecule is CCc1cc(SCCO)ncn1. The van der Waals surface area contributed by atoms with E-state index >= 15 is 0 Å². The number of aliphatic hydroxyl groups is 1. The van der Waals surface area contributed by atoms with Crippen molar-refractivity contribution in [3.05, 3.63) is 18.1 Å². The Morgan fingerprint density at radius 2 is 2.33 bits per heavy atom. The molecular formula is C8H12N2OS. The van der Waals surface area contributed by atoms with Gasteiger partial charge in [-0.05, 0) is 12.5 Å². The van der Waals surface area contributed by atoms with Gasteiger partial charge in [-0.15, -0.1) is 11.8 Å². The molecule has 0 aromatic carbocycles. The molecular weight excluding hydrogens is 172 g/mol. The highest BCUT2D eigenvalue weighted by Crippen LogP contribution is 2.14. The molecule has 1 aromatic rings. The van der Waals surface area contributed by atoms with Gasteiger partial charge in [0, 0.05) is 11.4 Å². The van der Waals surface area contributed by atoms with Crippen molar-refractivity contribution in [1.29, 1.82) is 0 Å². The molecule has 0 bridgehead atoms. The van der Waals surface area contributed by atoms with Crippen molar-refractivity contribution in [2.45, 2.75) is 18.4 Å². The first-order chi connectivity index (χ1) is 5.86. The molecule has 0 saturated carbocycles. The average molecular weight is 184 g/mol. The van der Waals surface area contributed by atoms with Crippen LogP contribution in [0.1, 0.15) is 12.6 Å². The first kappa shape index (κ1) is 9.48. The van der Waals surface area contributed by atoms with Crippen LogP contribution < -0.4 is 0 Å². The molecule has 0 aliphatic heterocycles. The summed E-state index contributed by atoms with van der Waals surface area (Å²) < 4.78 is 0. The van der Waals surface area contributed by atoms with Crippen LogP contribution in [0, 0.1) is 0 Å². The van der Waals surface area contributed by atoms with Crippen molar-refractivity contribution in [3.63, 3.8) is 0 Å². The first-order valence-electron chi connectivity index (χ1n) is 3.91. The van der Waals surface area contributed by atoms with Gasteiger partial charge in [-0.3, -0.25) is 0 Å². The summed E-state index contributed by atoms with van der Waals surface area (Å²) in [5.74, 6) is 0.695. The van der Waals surface area contributed by atoms with E-state index in [1.54, 1.807) is 18.1 Å². The highest BCUT2D eigenvalue weighted by atomic mass is 32.2. The zero-order chi connectivity index (χ0) is 8.81. The Bertz CT molecular complexity index is 242. The van der Waals surface area contributed by atoms with Crippen molar-refractivity contribution in [2.24, 2.45) is 0 Å². The smallest absolute Gasteiger partial charge is 0.116 e. The lowest BCUT2D eigenvalue weighted by molar-refractivity contribution is 0.322. The maximum absolute atomic E-state index is 8.59. The van der Waals surface area contributed by atoms with E-state index in [0.29, 0.717) is 5.75 Å². The lowest BCUT2D eigenvalue weighted by Crippen LogP contribution is -1.92. The molecule has 12 heavy (non-hydrogen) atoms. The lowest BCUT2D eigenvalue weighted by atomic mass is 10.3. The lowest BCUT2D eigenvalue weighted by Gasteiger charge is -1.99. The van der Waals surface area contributed by atoms with Gasteiger partial charge < -0.3 is 5.11 Å². The van der Waals surface area contributed by atoms with Crippen molar-refractivity contribution >= 4 is 11.8 Å². The molecule has 0 radical (unpaired) electrons. The summed E-state index contributed by atoms with van der Waals surface area (Å²) in [6, 6.07) is 1.96. The Kier molecular flexibility index (Phi) is 4.04. The monoisotopic (exact) mass is 184 g/mol. The van der Waals surface area contributed by atoms with Crippen LogP contribution in [-0.2, 0) is 6.42 Å². The third kappa shape index (κ3) is 2.79. The predicted octanol–water partition coefficient (Wildman–Crippen LogP) is 1.12. The molecule has 0 aliphatic carbocycles. The largest absolute Gasteiger partial charge is 0.396 e. The molecule has 1 N–H and O–H groups in total. The predicted molar refractivity (Wildman–Crippen MR) is 49.2 cm³/mol. The van der Waals surface area contributed by atoms with Crippen molar-refractivity contribution in [3.8, 4) is 0 Å². The molecule has 66 valence electrons. The highest BCUT2D eigenvalue weighted by molar-refractivity contribution is 7.99. The number of nitrogens with zero attached hydrogens (tertiary/aromatic N) is 2. The molecule has 0 amide bonds. The maximum Gasteiger partial charge on any atom is 0.116 e. The topological polar surface area (TPSA) is 46.0 Å². The number of hydrogen-bond donors (Lipinski definition) is 1. The molecule has 0 spiro atoms. The Hall–Kier alpha value is -0.610. The third-order valence-electron chi connectivity index (χ3n) is 1.40. The Balaban J connectivity index is 2.60. The van der Waals surface area contributed by atoms with Gasteiger partial charge >= 0.3 is 0 Å². The average Bonchev–Trinajstić information content (AvgIpc) is 2.15. The number of aryl methyl sites for hydroxylation is 1. The van der Waals surface area contributed by atoms with E-state index in [1.165, 1.54) is 0 Å². The zero-order valence-corrected chi connectivity index (χ0v) is 7.84. The maximum atomic E-state index is 8.59. The van der Waals surface area contributed by atoms with Crippen LogP contribution >= 0.6 is 11.8 Å². The van der Waals surface area contributed by atoms with E-state index in [1.807, 2.05) is 6.07 Å². The van der Waals surface area contributed by atoms with Crippen molar-refractivity contribution in [2.75, 3.05) is 12.4 Å². The van der Waals surface area contributed by atoms with E-state index in [9.17, 15) is 0 Å². The van der Waals surface area contributed by atoms with Crippen LogP contribution in [-0.4, -0.2) is 27.4 Å². The summed E-state index contributed by atoms with van der Waals surface area (Å²) >= 11 is 1.55. The summed E-state index contributed by atoms with van der Waals surface area (Å²) in [4.78, 5) is 8.14. The van der Waals surface area contributed by atoms with Gasteiger partial charge in [0.05, 0.1) is 11.6 Å². The third-order valence-corrected chi connectivity index (χ3v) is 2.31. The van der Waals surface area contributed by atoms with Crippen LogP contribution in [0.3, 0.4) is 0 Å². The van der Waals surface area contributed by atoms with Crippen molar-refractivity contribution in [1.82, 2.24) is 9.97 Å². The molecule has 0 atom stereocenters. The molecule has 0 saturated heterocycles. The molecule has 0 fully saturated rings. The van der Waals surface area contributed by atoms with Crippen LogP contribution in [0.25, 0.3) is 0 Å². The summed E-state index contributed by atoms with van der Waals surface area (Å²) in [6.07, 6.45) is 2.49. The molecule has 1 rings (SSSR count). The molecule has 4 heteroatoms. The van der Waals surface area contributed by atoms with Crippen LogP contribution in [0.2, 0.25) is 0 Å². The molecule has 0 aliphatic rings. The highest BCUT2D eigenvalue weighted by Gasteiger charge is 1.96. The fourth-order valence-electron chi connectivity index (χ4n) is 0.799. The Morgan fingerprint density at radius 3 is 3.00 bits per heavy atom. The van der Waals surface area contributed by atoms with Crippen LogP contribution in [0.4, 0.5) is 0 Å². The first-order valence-corrected chi connectivity index (χ1v) is 4.90. The van der Waals surface area contributed by atoms with Gasteiger partial charge in [0.15, 0.2) is 0 Å². The standard InChI is InChI=1S/C8H12N2OS/c1-2-7-5-8(10-6-9-7)12-4-3-11/h5-6,11H,2-4H2,1H3. The van der Waals surface area contributed by atoms with E-state index in [4.69, 9.17) is 5.11 Å². The quantitative estimate of drug-likeness (QED) is 0.562. The van der Waals surface area contributed by atoms with Gasteiger partial charge in [0.25, 0.3) is 0 Å². The van der Waals surface area contributed by atoms with Gasteiger partial charge in [-0.25, -0.2) is 9.97 Å². The normalized spacial score (nSPS) is 10.2. The number of hydrogen-bond acceptors (Lipinski definition) is 4. The van der Waals surface area contributed by atoms with Gasteiger partial charge in [0.2, 0.25) is 0 Å². The molecule has 0 unspecified atom stereocenters. The van der Waals surface area contributed by atoms with Gasteiger partial charge in [-0.1, -0.05) is 6.92 Å². The summed E-state index contributed by atoms with van der Waals surface area (Å²) in [5.41, 5.74) is 1.05. The van der Waals surface area contributed by atoms with Gasteiger partial charge in [-0.2, -0.15) is 0 Å². The Morgan fingerprint density at radius 1 is 1.50 bits per heavy atom. The number of rotatable bonds is 4. The molecule has 3 nitrogen and oxygen atoms in total. The van der Waals surface area contributed by atoms with E-state index < -0.39 is 0 Å². The minimum absolute atomic E-state index is 0.191. The van der Waals surface area contributed by atoms with E-state index in [0.717, 1.165) is 17.1 Å². The van der Waals surface area contributed by atoms with Gasteiger partial charge in [0.1, 0.15) is 6.33 Å². The van der Waals surface area contributed by atoms with E-state index in [-0.39, 0.29) is 6.61 Å². The van der Waals surface area contributed by atoms with Crippen LogP contribution in [0.5, 0.6) is 0 Å². The second-order valence-corrected chi connectivity index (χ2v) is 3.39. The fourth-order valence-corrected chi connectivity index (χ4v) is 1.44.